The van der Waals surface area contributed by atoms with Crippen LogP contribution in [-0.2, 0) is 0 Å². The Balaban J connectivity index is 1.90. The zero-order valence-corrected chi connectivity index (χ0v) is 7.95. The molecular formula is C13H16. The summed E-state index contributed by atoms with van der Waals surface area (Å²) in [5, 5.41) is 0. The molecule has 0 bridgehead atoms. The van der Waals surface area contributed by atoms with Gasteiger partial charge in [-0.25, -0.2) is 0 Å². The average molecular weight is 172 g/mol. The summed E-state index contributed by atoms with van der Waals surface area (Å²) in [4.78, 5) is 0. The summed E-state index contributed by atoms with van der Waals surface area (Å²) in [7, 11) is 0. The molecule has 3 aliphatic rings. The Morgan fingerprint density at radius 1 is 1.15 bits per heavy atom. The average Bonchev–Trinajstić information content (AvgIpc) is 2.65. The van der Waals surface area contributed by atoms with Crippen molar-refractivity contribution in [1.82, 2.24) is 0 Å². The highest BCUT2D eigenvalue weighted by Gasteiger charge is 2.35. The first-order valence-corrected chi connectivity index (χ1v) is 5.47. The highest BCUT2D eigenvalue weighted by molar-refractivity contribution is 5.31. The number of hydrogen-bond donors (Lipinski definition) is 0. The van der Waals surface area contributed by atoms with Gasteiger partial charge in [0.05, 0.1) is 0 Å². The van der Waals surface area contributed by atoms with Crippen LogP contribution in [0.25, 0.3) is 0 Å². The van der Waals surface area contributed by atoms with Gasteiger partial charge in [-0.3, -0.25) is 0 Å². The Hall–Kier alpha value is -0.780. The lowest BCUT2D eigenvalue weighted by atomic mass is 9.66. The number of rotatable bonds is 0. The van der Waals surface area contributed by atoms with E-state index >= 15 is 0 Å². The Morgan fingerprint density at radius 2 is 2.08 bits per heavy atom. The summed E-state index contributed by atoms with van der Waals surface area (Å²) in [6.07, 6.45) is 17.2. The van der Waals surface area contributed by atoms with E-state index in [1.54, 1.807) is 5.57 Å². The van der Waals surface area contributed by atoms with Crippen molar-refractivity contribution in [3.05, 3.63) is 36.0 Å². The molecule has 0 aliphatic heterocycles. The Labute approximate surface area is 80.0 Å². The van der Waals surface area contributed by atoms with Crippen molar-refractivity contribution < 1.29 is 0 Å². The Kier molecular flexibility index (Phi) is 1.68. The van der Waals surface area contributed by atoms with Crippen LogP contribution in [0.3, 0.4) is 0 Å². The molecule has 0 aromatic heterocycles. The van der Waals surface area contributed by atoms with Crippen LogP contribution in [-0.4, -0.2) is 0 Å². The van der Waals surface area contributed by atoms with E-state index in [4.69, 9.17) is 0 Å². The fourth-order valence-corrected chi connectivity index (χ4v) is 3.22. The third-order valence-corrected chi connectivity index (χ3v) is 3.94. The predicted octanol–water partition coefficient (Wildman–Crippen LogP) is 3.48. The van der Waals surface area contributed by atoms with E-state index in [-0.39, 0.29) is 0 Å². The maximum Gasteiger partial charge on any atom is 0.00170 e. The van der Waals surface area contributed by atoms with Crippen molar-refractivity contribution in [3.63, 3.8) is 0 Å². The molecule has 0 aromatic carbocycles. The lowest BCUT2D eigenvalue weighted by Gasteiger charge is -2.38. The largest absolute Gasteiger partial charge is 0.0882 e. The van der Waals surface area contributed by atoms with Crippen molar-refractivity contribution in [2.24, 2.45) is 17.8 Å². The highest BCUT2D eigenvalue weighted by Crippen LogP contribution is 2.46. The normalized spacial score (nSPS) is 41.2. The molecule has 0 N–H and O–H groups in total. The second-order valence-corrected chi connectivity index (χ2v) is 4.56. The molecule has 0 saturated heterocycles. The maximum absolute atomic E-state index is 2.42. The second kappa shape index (κ2) is 2.87. The minimum absolute atomic E-state index is 0.809. The predicted molar refractivity (Wildman–Crippen MR) is 55.3 cm³/mol. The molecule has 0 heteroatoms. The molecule has 1 saturated carbocycles. The van der Waals surface area contributed by atoms with Gasteiger partial charge < -0.3 is 0 Å². The highest BCUT2D eigenvalue weighted by atomic mass is 14.4. The molecular weight excluding hydrogens is 156 g/mol. The van der Waals surface area contributed by atoms with E-state index in [0.717, 1.165) is 17.8 Å². The van der Waals surface area contributed by atoms with Gasteiger partial charge >= 0.3 is 0 Å². The molecule has 0 heterocycles. The fourth-order valence-electron chi connectivity index (χ4n) is 3.22. The molecule has 1 fully saturated rings. The zero-order valence-electron chi connectivity index (χ0n) is 7.95. The molecule has 13 heavy (non-hydrogen) atoms. The van der Waals surface area contributed by atoms with Gasteiger partial charge in [-0.15, -0.1) is 0 Å². The van der Waals surface area contributed by atoms with Crippen LogP contribution in [0.5, 0.6) is 0 Å². The summed E-state index contributed by atoms with van der Waals surface area (Å²) in [6.45, 7) is 0. The molecule has 3 rings (SSSR count). The summed E-state index contributed by atoms with van der Waals surface area (Å²) in [5.41, 5.74) is 1.71. The fraction of sp³-hybridized carbons (Fsp3) is 0.538. The van der Waals surface area contributed by atoms with Crippen molar-refractivity contribution >= 4 is 0 Å². The second-order valence-electron chi connectivity index (χ2n) is 4.56. The van der Waals surface area contributed by atoms with Crippen LogP contribution in [0.4, 0.5) is 0 Å². The summed E-state index contributed by atoms with van der Waals surface area (Å²) >= 11 is 0. The van der Waals surface area contributed by atoms with Crippen LogP contribution in [0, 0.1) is 17.8 Å². The van der Waals surface area contributed by atoms with Gasteiger partial charge in [0.2, 0.25) is 0 Å². The van der Waals surface area contributed by atoms with Crippen molar-refractivity contribution in [3.8, 4) is 0 Å². The molecule has 0 spiro atoms. The lowest BCUT2D eigenvalue weighted by Crippen LogP contribution is -2.28. The monoisotopic (exact) mass is 172 g/mol. The zero-order chi connectivity index (χ0) is 8.67. The number of hydrogen-bond acceptors (Lipinski definition) is 0. The number of allylic oxidation sites excluding steroid dienone is 6. The molecule has 0 radical (unpaired) electrons. The van der Waals surface area contributed by atoms with Crippen LogP contribution in [0.15, 0.2) is 36.0 Å². The van der Waals surface area contributed by atoms with Crippen molar-refractivity contribution in [2.45, 2.75) is 25.7 Å². The molecule has 0 amide bonds. The SMILES string of the molecule is C1=CC2C(=C1)CCC1CC=CCC12. The van der Waals surface area contributed by atoms with E-state index in [0.29, 0.717) is 0 Å². The first-order chi connectivity index (χ1) is 6.45. The van der Waals surface area contributed by atoms with E-state index in [2.05, 4.69) is 30.4 Å². The molecule has 3 unspecified atom stereocenters. The van der Waals surface area contributed by atoms with Gasteiger partial charge in [0.1, 0.15) is 0 Å². The number of fused-ring (bicyclic) bond motifs is 3. The third kappa shape index (κ3) is 1.12. The van der Waals surface area contributed by atoms with Crippen LogP contribution in [0.2, 0.25) is 0 Å². The molecule has 68 valence electrons. The van der Waals surface area contributed by atoms with Gasteiger partial charge in [0.15, 0.2) is 0 Å². The van der Waals surface area contributed by atoms with Gasteiger partial charge in [-0.1, -0.05) is 36.0 Å². The molecule has 0 aromatic rings. The van der Waals surface area contributed by atoms with Gasteiger partial charge in [0, 0.05) is 5.92 Å². The first kappa shape index (κ1) is 7.61. The quantitative estimate of drug-likeness (QED) is 0.491. The Morgan fingerprint density at radius 3 is 3.08 bits per heavy atom. The van der Waals surface area contributed by atoms with E-state index in [1.165, 1.54) is 25.7 Å². The summed E-state index contributed by atoms with van der Waals surface area (Å²) in [6, 6.07) is 0. The smallest absolute Gasteiger partial charge is 0.00170 e. The first-order valence-electron chi connectivity index (χ1n) is 5.47. The minimum atomic E-state index is 0.809. The Bertz CT molecular complexity index is 293. The molecule has 3 atom stereocenters. The lowest BCUT2D eigenvalue weighted by molar-refractivity contribution is 0.227. The van der Waals surface area contributed by atoms with Crippen molar-refractivity contribution in [2.75, 3.05) is 0 Å². The summed E-state index contributed by atoms with van der Waals surface area (Å²) in [5.74, 6) is 2.72. The van der Waals surface area contributed by atoms with Crippen molar-refractivity contribution in [1.29, 1.82) is 0 Å². The molecule has 0 nitrogen and oxygen atoms in total. The minimum Gasteiger partial charge on any atom is -0.0882 e. The van der Waals surface area contributed by atoms with Crippen LogP contribution >= 0.6 is 0 Å². The van der Waals surface area contributed by atoms with Gasteiger partial charge in [-0.05, 0) is 37.5 Å². The summed E-state index contributed by atoms with van der Waals surface area (Å²) < 4.78 is 0. The van der Waals surface area contributed by atoms with E-state index < -0.39 is 0 Å². The third-order valence-electron chi connectivity index (χ3n) is 3.94. The molecule has 3 aliphatic carbocycles. The van der Waals surface area contributed by atoms with E-state index in [9.17, 15) is 0 Å². The van der Waals surface area contributed by atoms with Crippen LogP contribution < -0.4 is 0 Å². The van der Waals surface area contributed by atoms with Crippen LogP contribution in [0.1, 0.15) is 25.7 Å². The topological polar surface area (TPSA) is 0 Å². The maximum atomic E-state index is 2.42. The standard InChI is InChI=1S/C13H16/c1-2-6-12-10(4-1)8-9-11-5-3-7-13(11)12/h1-3,5,7,10,12-13H,4,6,8-9H2. The van der Waals surface area contributed by atoms with Gasteiger partial charge in [0.25, 0.3) is 0 Å². The van der Waals surface area contributed by atoms with Gasteiger partial charge in [-0.2, -0.15) is 0 Å². The van der Waals surface area contributed by atoms with E-state index in [1.807, 2.05) is 0 Å².